The molecule has 1 aliphatic rings. The van der Waals surface area contributed by atoms with Gasteiger partial charge >= 0.3 is 0 Å². The van der Waals surface area contributed by atoms with E-state index in [1.807, 2.05) is 0 Å². The predicted octanol–water partition coefficient (Wildman–Crippen LogP) is 3.81. The molecule has 1 rings (SSSR count). The van der Waals surface area contributed by atoms with Gasteiger partial charge in [-0.15, -0.1) is 0 Å². The minimum Gasteiger partial charge on any atom is -0.0885 e. The zero-order valence-electron chi connectivity index (χ0n) is 7.63. The maximum atomic E-state index is 3.28. The molecule has 0 aromatic carbocycles. The number of allylic oxidation sites excluding steroid dienone is 6. The summed E-state index contributed by atoms with van der Waals surface area (Å²) in [6.07, 6.45) is 21.5. The number of hydrogen-bond acceptors (Lipinski definition) is 0. The van der Waals surface area contributed by atoms with Crippen LogP contribution in [0, 0.1) is 6.08 Å². The molecule has 0 nitrogen and oxygen atoms in total. The van der Waals surface area contributed by atoms with E-state index < -0.39 is 0 Å². The molecule has 1 aliphatic carbocycles. The molecule has 0 aromatic rings. The summed E-state index contributed by atoms with van der Waals surface area (Å²) in [6.45, 7) is 0. The highest BCUT2D eigenvalue weighted by molar-refractivity contribution is 4.92. The van der Waals surface area contributed by atoms with Crippen molar-refractivity contribution in [3.8, 4) is 0 Å². The van der Waals surface area contributed by atoms with Gasteiger partial charge in [0.15, 0.2) is 0 Å². The van der Waals surface area contributed by atoms with Gasteiger partial charge in [0.1, 0.15) is 0 Å². The van der Waals surface area contributed by atoms with Gasteiger partial charge in [0.25, 0.3) is 0 Å². The number of hydrogen-bond donors (Lipinski definition) is 0. The van der Waals surface area contributed by atoms with E-state index in [9.17, 15) is 0 Å². The smallest absolute Gasteiger partial charge is 0.0163 e. The van der Waals surface area contributed by atoms with Crippen LogP contribution in [0.15, 0.2) is 30.4 Å². The van der Waals surface area contributed by atoms with Crippen LogP contribution in [0.4, 0.5) is 0 Å². The van der Waals surface area contributed by atoms with E-state index in [0.29, 0.717) is 0 Å². The second-order valence-corrected chi connectivity index (χ2v) is 3.06. The third kappa shape index (κ3) is 4.95. The van der Waals surface area contributed by atoms with E-state index in [4.69, 9.17) is 0 Å². The van der Waals surface area contributed by atoms with Crippen LogP contribution in [0.2, 0.25) is 0 Å². The Labute approximate surface area is 75.7 Å². The fraction of sp³-hybridized carbons (Fsp3) is 0.500. The van der Waals surface area contributed by atoms with Gasteiger partial charge in [-0.05, 0) is 44.6 Å². The third-order valence-electron chi connectivity index (χ3n) is 1.93. The minimum atomic E-state index is 1.06. The highest BCUT2D eigenvalue weighted by Crippen LogP contribution is 2.02. The van der Waals surface area contributed by atoms with Crippen LogP contribution in [0.3, 0.4) is 0 Å². The fourth-order valence-electron chi connectivity index (χ4n) is 1.22. The Morgan fingerprint density at radius 3 is 2.50 bits per heavy atom. The van der Waals surface area contributed by atoms with Crippen LogP contribution in [-0.2, 0) is 0 Å². The first-order valence-electron chi connectivity index (χ1n) is 4.85. The van der Waals surface area contributed by atoms with Crippen molar-refractivity contribution in [1.82, 2.24) is 0 Å². The molecule has 0 aromatic heterocycles. The van der Waals surface area contributed by atoms with Crippen molar-refractivity contribution < 1.29 is 0 Å². The molecule has 0 amide bonds. The van der Waals surface area contributed by atoms with Crippen molar-refractivity contribution in [2.45, 2.75) is 38.5 Å². The topological polar surface area (TPSA) is 0 Å². The Morgan fingerprint density at radius 1 is 0.833 bits per heavy atom. The maximum Gasteiger partial charge on any atom is -0.0163 e. The van der Waals surface area contributed by atoms with Gasteiger partial charge in [0.05, 0.1) is 0 Å². The van der Waals surface area contributed by atoms with Gasteiger partial charge < -0.3 is 0 Å². The lowest BCUT2D eigenvalue weighted by Gasteiger charge is -1.92. The van der Waals surface area contributed by atoms with E-state index in [0.717, 1.165) is 19.3 Å². The standard InChI is InChI=1S/C12H17/c1-2-4-6-8-10-12-11-9-7-5-3-1/h1-2,5,10,12H,3-4,6,8-9,11H2/b2-1+,7-5?,12-10-. The average molecular weight is 161 g/mol. The molecule has 1 radical (unpaired) electrons. The molecule has 0 N–H and O–H groups in total. The Bertz CT molecular complexity index is 172. The molecule has 0 atom stereocenters. The predicted molar refractivity (Wildman–Crippen MR) is 53.8 cm³/mol. The van der Waals surface area contributed by atoms with Crippen molar-refractivity contribution >= 4 is 0 Å². The van der Waals surface area contributed by atoms with Crippen molar-refractivity contribution in [3.63, 3.8) is 0 Å². The highest BCUT2D eigenvalue weighted by Gasteiger charge is 1.83. The van der Waals surface area contributed by atoms with Crippen molar-refractivity contribution in [2.75, 3.05) is 0 Å². The second-order valence-electron chi connectivity index (χ2n) is 3.06. The Balaban J connectivity index is 2.30. The van der Waals surface area contributed by atoms with Crippen LogP contribution in [0.1, 0.15) is 38.5 Å². The summed E-state index contributed by atoms with van der Waals surface area (Å²) in [5, 5.41) is 0. The summed E-state index contributed by atoms with van der Waals surface area (Å²) in [4.78, 5) is 0. The Kier molecular flexibility index (Phi) is 5.35. The fourth-order valence-corrected chi connectivity index (χ4v) is 1.22. The van der Waals surface area contributed by atoms with E-state index in [2.05, 4.69) is 36.5 Å². The zero-order chi connectivity index (χ0) is 8.49. The molecule has 0 saturated heterocycles. The normalized spacial score (nSPS) is 28.0. The molecular formula is C12H17. The largest absolute Gasteiger partial charge is 0.0885 e. The monoisotopic (exact) mass is 161 g/mol. The lowest BCUT2D eigenvalue weighted by atomic mass is 10.1. The maximum absolute atomic E-state index is 3.28. The van der Waals surface area contributed by atoms with Crippen LogP contribution in [-0.4, -0.2) is 0 Å². The quantitative estimate of drug-likeness (QED) is 0.474. The zero-order valence-corrected chi connectivity index (χ0v) is 7.63. The molecule has 0 heterocycles. The lowest BCUT2D eigenvalue weighted by molar-refractivity contribution is 0.858. The van der Waals surface area contributed by atoms with Crippen LogP contribution < -0.4 is 0 Å². The lowest BCUT2D eigenvalue weighted by Crippen LogP contribution is -1.73. The Hall–Kier alpha value is -0.780. The SMILES string of the molecule is [C]1=C\C/C=C/CCC/C=C\CC/1. The summed E-state index contributed by atoms with van der Waals surface area (Å²) in [6, 6.07) is 0. The molecule has 0 saturated carbocycles. The molecule has 12 heavy (non-hydrogen) atoms. The average Bonchev–Trinajstić information content (AvgIpc) is 2.05. The molecule has 65 valence electrons. The first-order chi connectivity index (χ1) is 6.00. The summed E-state index contributed by atoms with van der Waals surface area (Å²) in [5.41, 5.74) is 0. The first-order valence-corrected chi connectivity index (χ1v) is 4.85. The molecule has 0 spiro atoms. The van der Waals surface area contributed by atoms with Crippen LogP contribution in [0.5, 0.6) is 0 Å². The van der Waals surface area contributed by atoms with Gasteiger partial charge in [-0.1, -0.05) is 30.4 Å². The highest BCUT2D eigenvalue weighted by atomic mass is 13.9. The van der Waals surface area contributed by atoms with E-state index in [-0.39, 0.29) is 0 Å². The van der Waals surface area contributed by atoms with E-state index in [1.165, 1.54) is 19.3 Å². The molecule has 0 heteroatoms. The van der Waals surface area contributed by atoms with E-state index >= 15 is 0 Å². The number of rotatable bonds is 0. The van der Waals surface area contributed by atoms with Gasteiger partial charge in [-0.25, -0.2) is 0 Å². The van der Waals surface area contributed by atoms with Gasteiger partial charge in [0, 0.05) is 0 Å². The van der Waals surface area contributed by atoms with Crippen LogP contribution >= 0.6 is 0 Å². The van der Waals surface area contributed by atoms with Gasteiger partial charge in [-0.2, -0.15) is 0 Å². The molecule has 0 aliphatic heterocycles. The summed E-state index contributed by atoms with van der Waals surface area (Å²) in [5.74, 6) is 0. The molecule has 0 unspecified atom stereocenters. The third-order valence-corrected chi connectivity index (χ3v) is 1.93. The summed E-state index contributed by atoms with van der Waals surface area (Å²) in [7, 11) is 0. The minimum absolute atomic E-state index is 1.06. The molecule has 0 fully saturated rings. The molecule has 0 bridgehead atoms. The molecular weight excluding hydrogens is 144 g/mol. The van der Waals surface area contributed by atoms with Crippen molar-refractivity contribution in [2.24, 2.45) is 0 Å². The van der Waals surface area contributed by atoms with Gasteiger partial charge in [-0.3, -0.25) is 0 Å². The summed E-state index contributed by atoms with van der Waals surface area (Å²) >= 11 is 0. The first kappa shape index (κ1) is 9.31. The van der Waals surface area contributed by atoms with Gasteiger partial charge in [0.2, 0.25) is 0 Å². The van der Waals surface area contributed by atoms with E-state index in [1.54, 1.807) is 0 Å². The van der Waals surface area contributed by atoms with Crippen molar-refractivity contribution in [3.05, 3.63) is 36.5 Å². The second kappa shape index (κ2) is 6.90. The summed E-state index contributed by atoms with van der Waals surface area (Å²) < 4.78 is 0. The van der Waals surface area contributed by atoms with Crippen molar-refractivity contribution in [1.29, 1.82) is 0 Å². The van der Waals surface area contributed by atoms with Crippen LogP contribution in [0.25, 0.3) is 0 Å². The Morgan fingerprint density at radius 2 is 1.58 bits per heavy atom.